The molecule has 2 amide bonds. The van der Waals surface area contributed by atoms with Crippen molar-refractivity contribution in [3.05, 3.63) is 65.2 Å². The van der Waals surface area contributed by atoms with Crippen LogP contribution < -0.4 is 10.6 Å². The molecule has 0 radical (unpaired) electrons. The van der Waals surface area contributed by atoms with Gasteiger partial charge in [-0.1, -0.05) is 36.4 Å². The number of anilines is 1. The van der Waals surface area contributed by atoms with Gasteiger partial charge in [0.1, 0.15) is 0 Å². The lowest BCUT2D eigenvalue weighted by Crippen LogP contribution is -2.52. The van der Waals surface area contributed by atoms with Gasteiger partial charge >= 0.3 is 0 Å². The predicted molar refractivity (Wildman–Crippen MR) is 110 cm³/mol. The third-order valence-corrected chi connectivity index (χ3v) is 5.84. The lowest BCUT2D eigenvalue weighted by Gasteiger charge is -2.35. The van der Waals surface area contributed by atoms with Crippen LogP contribution in [0.5, 0.6) is 0 Å². The molecule has 2 aromatic carbocycles. The monoisotopic (exact) mass is 377 g/mol. The third kappa shape index (κ3) is 4.09. The molecule has 4 rings (SSSR count). The first-order chi connectivity index (χ1) is 13.6. The van der Waals surface area contributed by atoms with Crippen LogP contribution in [0.3, 0.4) is 0 Å². The Morgan fingerprint density at radius 1 is 1.04 bits per heavy atom. The van der Waals surface area contributed by atoms with Gasteiger partial charge in [0.05, 0.1) is 6.04 Å². The smallest absolute Gasteiger partial charge is 0.240 e. The molecule has 2 N–H and O–H groups in total. The van der Waals surface area contributed by atoms with Crippen molar-refractivity contribution in [2.75, 3.05) is 18.4 Å². The van der Waals surface area contributed by atoms with Crippen LogP contribution in [0.4, 0.5) is 5.69 Å². The van der Waals surface area contributed by atoms with Gasteiger partial charge in [-0.3, -0.25) is 9.59 Å². The number of piperidine rings is 1. The number of nitrogens with zero attached hydrogens (tertiary/aromatic N) is 1. The van der Waals surface area contributed by atoms with Crippen LogP contribution in [0.25, 0.3) is 0 Å². The molecule has 1 atom stereocenters. The SMILES string of the molecule is Cc1cccc(NC(=O)C2CCN(C(=O)[C@H]3Cc4ccccc4CN3)CC2)c1. The van der Waals surface area contributed by atoms with Gasteiger partial charge in [-0.2, -0.15) is 0 Å². The first-order valence-corrected chi connectivity index (χ1v) is 10.1. The molecule has 2 heterocycles. The fraction of sp³-hybridized carbons (Fsp3) is 0.391. The Morgan fingerprint density at radius 3 is 2.54 bits per heavy atom. The van der Waals surface area contributed by atoms with E-state index in [1.54, 1.807) is 0 Å². The van der Waals surface area contributed by atoms with E-state index in [1.165, 1.54) is 11.1 Å². The number of hydrogen-bond donors (Lipinski definition) is 2. The van der Waals surface area contributed by atoms with Crippen molar-refractivity contribution < 1.29 is 9.59 Å². The highest BCUT2D eigenvalue weighted by Gasteiger charge is 2.32. The fourth-order valence-electron chi connectivity index (χ4n) is 4.18. The van der Waals surface area contributed by atoms with Crippen molar-refractivity contribution >= 4 is 17.5 Å². The minimum absolute atomic E-state index is 0.0374. The highest BCUT2D eigenvalue weighted by molar-refractivity contribution is 5.93. The van der Waals surface area contributed by atoms with E-state index in [9.17, 15) is 9.59 Å². The average molecular weight is 377 g/mol. The van der Waals surface area contributed by atoms with Gasteiger partial charge in [0.25, 0.3) is 0 Å². The van der Waals surface area contributed by atoms with Crippen molar-refractivity contribution in [2.24, 2.45) is 5.92 Å². The van der Waals surface area contributed by atoms with Gasteiger partial charge in [-0.05, 0) is 55.0 Å². The van der Waals surface area contributed by atoms with E-state index in [1.807, 2.05) is 48.2 Å². The summed E-state index contributed by atoms with van der Waals surface area (Å²) >= 11 is 0. The van der Waals surface area contributed by atoms with Crippen LogP contribution in [0, 0.1) is 12.8 Å². The second-order valence-electron chi connectivity index (χ2n) is 7.86. The molecular formula is C23H27N3O2. The zero-order chi connectivity index (χ0) is 19.5. The number of carbonyl (C=O) groups is 2. The van der Waals surface area contributed by atoms with E-state index in [2.05, 4.69) is 22.8 Å². The number of amides is 2. The Labute approximate surface area is 166 Å². The molecule has 0 bridgehead atoms. The molecule has 0 aromatic heterocycles. The lowest BCUT2D eigenvalue weighted by molar-refractivity contribution is -0.136. The van der Waals surface area contributed by atoms with Gasteiger partial charge in [-0.15, -0.1) is 0 Å². The Balaban J connectivity index is 1.30. The average Bonchev–Trinajstić information content (AvgIpc) is 2.73. The van der Waals surface area contributed by atoms with Crippen molar-refractivity contribution in [1.82, 2.24) is 10.2 Å². The third-order valence-electron chi connectivity index (χ3n) is 5.84. The zero-order valence-corrected chi connectivity index (χ0v) is 16.3. The minimum Gasteiger partial charge on any atom is -0.341 e. The van der Waals surface area contributed by atoms with Crippen LogP contribution in [0.1, 0.15) is 29.5 Å². The van der Waals surface area contributed by atoms with Crippen LogP contribution in [-0.2, 0) is 22.6 Å². The summed E-state index contributed by atoms with van der Waals surface area (Å²) in [7, 11) is 0. The summed E-state index contributed by atoms with van der Waals surface area (Å²) < 4.78 is 0. The maximum absolute atomic E-state index is 12.9. The molecule has 5 heteroatoms. The van der Waals surface area contributed by atoms with Crippen LogP contribution in [0.2, 0.25) is 0 Å². The topological polar surface area (TPSA) is 61.4 Å². The molecular weight excluding hydrogens is 350 g/mol. The quantitative estimate of drug-likeness (QED) is 0.865. The second kappa shape index (κ2) is 8.15. The molecule has 5 nitrogen and oxygen atoms in total. The summed E-state index contributed by atoms with van der Waals surface area (Å²) in [5.74, 6) is 0.180. The van der Waals surface area contributed by atoms with Crippen molar-refractivity contribution in [3.8, 4) is 0 Å². The molecule has 2 aliphatic rings. The first kappa shape index (κ1) is 18.7. The highest BCUT2D eigenvalue weighted by atomic mass is 16.2. The molecule has 0 unspecified atom stereocenters. The summed E-state index contributed by atoms with van der Waals surface area (Å²) in [5, 5.41) is 6.39. The van der Waals surface area contributed by atoms with Gasteiger partial charge in [-0.25, -0.2) is 0 Å². The molecule has 28 heavy (non-hydrogen) atoms. The number of nitrogens with one attached hydrogen (secondary N) is 2. The van der Waals surface area contributed by atoms with Gasteiger partial charge in [0.15, 0.2) is 0 Å². The number of benzene rings is 2. The van der Waals surface area contributed by atoms with Crippen LogP contribution >= 0.6 is 0 Å². The fourth-order valence-corrected chi connectivity index (χ4v) is 4.18. The summed E-state index contributed by atoms with van der Waals surface area (Å²) in [4.78, 5) is 27.4. The van der Waals surface area contributed by atoms with Crippen LogP contribution in [-0.4, -0.2) is 35.8 Å². The zero-order valence-electron chi connectivity index (χ0n) is 16.3. The molecule has 2 aromatic rings. The summed E-state index contributed by atoms with van der Waals surface area (Å²) in [6.45, 7) is 4.04. The number of likely N-dealkylation sites (tertiary alicyclic amines) is 1. The molecule has 1 saturated heterocycles. The maximum Gasteiger partial charge on any atom is 0.240 e. The van der Waals surface area contributed by atoms with E-state index in [0.717, 1.165) is 24.2 Å². The lowest BCUT2D eigenvalue weighted by atomic mass is 9.92. The second-order valence-corrected chi connectivity index (χ2v) is 7.86. The van der Waals surface area contributed by atoms with Crippen molar-refractivity contribution in [1.29, 1.82) is 0 Å². The van der Waals surface area contributed by atoms with Crippen molar-refractivity contribution in [3.63, 3.8) is 0 Å². The van der Waals surface area contributed by atoms with Crippen molar-refractivity contribution in [2.45, 2.75) is 38.8 Å². The van der Waals surface area contributed by atoms with E-state index in [-0.39, 0.29) is 23.8 Å². The molecule has 0 spiro atoms. The first-order valence-electron chi connectivity index (χ1n) is 10.1. The summed E-state index contributed by atoms with van der Waals surface area (Å²) in [5.41, 5.74) is 4.50. The number of carbonyl (C=O) groups excluding carboxylic acids is 2. The Hall–Kier alpha value is -2.66. The summed E-state index contributed by atoms with van der Waals surface area (Å²) in [6.07, 6.45) is 2.17. The number of rotatable bonds is 3. The van der Waals surface area contributed by atoms with Gasteiger partial charge < -0.3 is 15.5 Å². The molecule has 0 saturated carbocycles. The van der Waals surface area contributed by atoms with E-state index in [4.69, 9.17) is 0 Å². The molecule has 1 fully saturated rings. The van der Waals surface area contributed by atoms with Gasteiger partial charge in [0, 0.05) is 31.2 Å². The molecule has 2 aliphatic heterocycles. The van der Waals surface area contributed by atoms with Gasteiger partial charge in [0.2, 0.25) is 11.8 Å². The highest BCUT2D eigenvalue weighted by Crippen LogP contribution is 2.23. The molecule has 0 aliphatic carbocycles. The number of fused-ring (bicyclic) bond motifs is 1. The minimum atomic E-state index is -0.160. The van der Waals surface area contributed by atoms with Crippen LogP contribution in [0.15, 0.2) is 48.5 Å². The molecule has 146 valence electrons. The Kier molecular flexibility index (Phi) is 5.44. The van der Waals surface area contributed by atoms with E-state index >= 15 is 0 Å². The largest absolute Gasteiger partial charge is 0.341 e. The Morgan fingerprint density at radius 2 is 1.79 bits per heavy atom. The number of hydrogen-bond acceptors (Lipinski definition) is 3. The maximum atomic E-state index is 12.9. The predicted octanol–water partition coefficient (Wildman–Crippen LogP) is 2.89. The Bertz CT molecular complexity index is 872. The summed E-state index contributed by atoms with van der Waals surface area (Å²) in [6, 6.07) is 16.0. The normalized spacial score (nSPS) is 19.8. The standard InChI is InChI=1S/C23H27N3O2/c1-16-5-4-8-20(13-16)25-22(27)17-9-11-26(12-10-17)23(28)21-14-18-6-2-3-7-19(18)15-24-21/h2-8,13,17,21,24H,9-12,14-15H2,1H3,(H,25,27)/t21-/m1/s1. The van der Waals surface area contributed by atoms with E-state index < -0.39 is 0 Å². The number of aryl methyl sites for hydroxylation is 1. The van der Waals surface area contributed by atoms with E-state index in [0.29, 0.717) is 25.9 Å².